The van der Waals surface area contributed by atoms with Gasteiger partial charge in [-0.2, -0.15) is 0 Å². The number of hydrogen-bond donors (Lipinski definition) is 0. The summed E-state index contributed by atoms with van der Waals surface area (Å²) in [6, 6.07) is 11.7. The van der Waals surface area contributed by atoms with Gasteiger partial charge in [-0.3, -0.25) is 9.10 Å². The number of anilines is 1. The van der Waals surface area contributed by atoms with Crippen molar-refractivity contribution in [3.05, 3.63) is 48.0 Å². The number of ether oxygens (including phenoxy) is 2. The first-order valence-electron chi connectivity index (χ1n) is 10.6. The molecule has 8 nitrogen and oxygen atoms in total. The number of nitrogens with zero attached hydrogens (tertiary/aromatic N) is 3. The van der Waals surface area contributed by atoms with E-state index in [1.54, 1.807) is 47.4 Å². The van der Waals surface area contributed by atoms with Crippen LogP contribution in [-0.2, 0) is 14.8 Å². The normalized spacial score (nSPS) is 14.8. The predicted octanol–water partition coefficient (Wildman–Crippen LogP) is 2.37. The maximum absolute atomic E-state index is 13.8. The second kappa shape index (κ2) is 10.2. The third-order valence-corrected chi connectivity index (χ3v) is 7.25. The van der Waals surface area contributed by atoms with Gasteiger partial charge in [-0.25, -0.2) is 8.42 Å². The molecule has 3 rings (SSSR count). The van der Waals surface area contributed by atoms with Gasteiger partial charge in [-0.15, -0.1) is 0 Å². The lowest BCUT2D eigenvalue weighted by molar-refractivity contribution is -0.131. The Morgan fingerprint density at radius 2 is 1.72 bits per heavy atom. The molecule has 0 N–H and O–H groups in total. The number of aryl methyl sites for hydroxylation is 1. The van der Waals surface area contributed by atoms with Crippen molar-refractivity contribution in [1.29, 1.82) is 0 Å². The monoisotopic (exact) mass is 461 g/mol. The molecule has 0 aliphatic carbocycles. The second-order valence-corrected chi connectivity index (χ2v) is 9.61. The van der Waals surface area contributed by atoms with Gasteiger partial charge in [0.15, 0.2) is 0 Å². The lowest BCUT2D eigenvalue weighted by atomic mass is 10.2. The summed E-state index contributed by atoms with van der Waals surface area (Å²) >= 11 is 0. The van der Waals surface area contributed by atoms with Gasteiger partial charge in [-0.1, -0.05) is 6.07 Å². The number of hydrogen-bond acceptors (Lipinski definition) is 6. The summed E-state index contributed by atoms with van der Waals surface area (Å²) in [5, 5.41) is 0. The first-order chi connectivity index (χ1) is 15.3. The van der Waals surface area contributed by atoms with Crippen LogP contribution in [0.25, 0.3) is 0 Å². The molecular formula is C23H31N3O5S. The minimum absolute atomic E-state index is 0.0278. The molecule has 2 aromatic carbocycles. The second-order valence-electron chi connectivity index (χ2n) is 7.78. The minimum Gasteiger partial charge on any atom is -0.495 e. The van der Waals surface area contributed by atoms with Gasteiger partial charge in [0, 0.05) is 26.2 Å². The average Bonchev–Trinajstić information content (AvgIpc) is 2.78. The number of carbonyl (C=O) groups excluding carboxylic acids is 1. The lowest BCUT2D eigenvalue weighted by Gasteiger charge is -2.34. The molecule has 0 spiro atoms. The van der Waals surface area contributed by atoms with E-state index in [-0.39, 0.29) is 23.1 Å². The third kappa shape index (κ3) is 5.34. The van der Waals surface area contributed by atoms with Crippen LogP contribution in [0.2, 0.25) is 0 Å². The summed E-state index contributed by atoms with van der Waals surface area (Å²) in [5.41, 5.74) is 1.17. The first-order valence-corrected chi connectivity index (χ1v) is 12.1. The largest absolute Gasteiger partial charge is 0.495 e. The van der Waals surface area contributed by atoms with Crippen molar-refractivity contribution < 1.29 is 22.7 Å². The number of methoxy groups -OCH3 is 1. The fraction of sp³-hybridized carbons (Fsp3) is 0.435. The quantitative estimate of drug-likeness (QED) is 0.601. The number of sulfonamides is 1. The van der Waals surface area contributed by atoms with E-state index < -0.39 is 10.0 Å². The molecule has 0 saturated carbocycles. The Balaban J connectivity index is 1.99. The molecule has 9 heteroatoms. The number of likely N-dealkylation sites (N-methyl/N-ethyl adjacent to an activating group) is 1. The van der Waals surface area contributed by atoms with Gasteiger partial charge in [0.05, 0.1) is 19.4 Å². The number of amides is 1. The standard InChI is InChI=1S/C23H31N3O5S/c1-5-31-20-9-7-19(8-10-20)26(17-23(27)25-14-12-24(3)13-15-25)32(28,29)22-16-18(2)6-11-21(22)30-4/h6-11,16H,5,12-15,17H2,1-4H3. The highest BCUT2D eigenvalue weighted by atomic mass is 32.2. The molecule has 0 bridgehead atoms. The zero-order valence-electron chi connectivity index (χ0n) is 19.1. The molecule has 1 saturated heterocycles. The maximum Gasteiger partial charge on any atom is 0.268 e. The smallest absolute Gasteiger partial charge is 0.268 e. The van der Waals surface area contributed by atoms with Crippen molar-refractivity contribution in [2.75, 3.05) is 57.8 Å². The molecule has 0 radical (unpaired) electrons. The minimum atomic E-state index is -4.08. The summed E-state index contributed by atoms with van der Waals surface area (Å²) in [6.45, 7) is 6.56. The molecule has 1 amide bonds. The van der Waals surface area contributed by atoms with Gasteiger partial charge < -0.3 is 19.3 Å². The summed E-state index contributed by atoms with van der Waals surface area (Å²) < 4.78 is 39.5. The Labute approximate surface area is 190 Å². The van der Waals surface area contributed by atoms with E-state index in [1.807, 2.05) is 20.9 Å². The predicted molar refractivity (Wildman–Crippen MR) is 124 cm³/mol. The van der Waals surface area contributed by atoms with Crippen LogP contribution in [-0.4, -0.2) is 77.6 Å². The number of benzene rings is 2. The summed E-state index contributed by atoms with van der Waals surface area (Å²) in [6.07, 6.45) is 0. The van der Waals surface area contributed by atoms with Gasteiger partial charge in [0.2, 0.25) is 5.91 Å². The molecule has 0 aromatic heterocycles. The van der Waals surface area contributed by atoms with Gasteiger partial charge in [0.1, 0.15) is 22.9 Å². The van der Waals surface area contributed by atoms with E-state index in [9.17, 15) is 13.2 Å². The summed E-state index contributed by atoms with van der Waals surface area (Å²) in [4.78, 5) is 17.0. The van der Waals surface area contributed by atoms with Crippen molar-refractivity contribution in [2.45, 2.75) is 18.7 Å². The number of rotatable bonds is 8. The van der Waals surface area contributed by atoms with Crippen molar-refractivity contribution in [1.82, 2.24) is 9.80 Å². The SMILES string of the molecule is CCOc1ccc(N(CC(=O)N2CCN(C)CC2)S(=O)(=O)c2cc(C)ccc2OC)cc1. The molecule has 0 unspecified atom stereocenters. The molecule has 0 atom stereocenters. The fourth-order valence-electron chi connectivity index (χ4n) is 3.57. The van der Waals surface area contributed by atoms with Gasteiger partial charge in [-0.05, 0) is 62.9 Å². The number of piperazine rings is 1. The lowest BCUT2D eigenvalue weighted by Crippen LogP contribution is -2.50. The first kappa shape index (κ1) is 23.9. The van der Waals surface area contributed by atoms with Crippen molar-refractivity contribution >= 4 is 21.6 Å². The van der Waals surface area contributed by atoms with Crippen molar-refractivity contribution in [3.63, 3.8) is 0 Å². The Bertz CT molecular complexity index is 1030. The molecule has 1 aliphatic heterocycles. The molecule has 1 fully saturated rings. The molecule has 1 aliphatic rings. The van der Waals surface area contributed by atoms with Crippen LogP contribution < -0.4 is 13.8 Å². The van der Waals surface area contributed by atoms with Gasteiger partial charge in [0.25, 0.3) is 10.0 Å². The van der Waals surface area contributed by atoms with E-state index >= 15 is 0 Å². The van der Waals surface area contributed by atoms with Crippen molar-refractivity contribution in [2.24, 2.45) is 0 Å². The highest BCUT2D eigenvalue weighted by Crippen LogP contribution is 2.31. The third-order valence-electron chi connectivity index (χ3n) is 5.46. The van der Waals surface area contributed by atoms with Crippen LogP contribution in [0.5, 0.6) is 11.5 Å². The van der Waals surface area contributed by atoms with Crippen LogP contribution in [0.3, 0.4) is 0 Å². The highest BCUT2D eigenvalue weighted by molar-refractivity contribution is 7.93. The molecule has 32 heavy (non-hydrogen) atoms. The van der Waals surface area contributed by atoms with E-state index in [1.165, 1.54) is 7.11 Å². The van der Waals surface area contributed by atoms with Crippen LogP contribution in [0.15, 0.2) is 47.4 Å². The Morgan fingerprint density at radius 1 is 1.06 bits per heavy atom. The topological polar surface area (TPSA) is 79.4 Å². The molecule has 1 heterocycles. The van der Waals surface area contributed by atoms with E-state index in [0.29, 0.717) is 31.1 Å². The van der Waals surface area contributed by atoms with Crippen LogP contribution >= 0.6 is 0 Å². The van der Waals surface area contributed by atoms with Crippen LogP contribution in [0.1, 0.15) is 12.5 Å². The zero-order valence-corrected chi connectivity index (χ0v) is 19.9. The Kier molecular flexibility index (Phi) is 7.63. The maximum atomic E-state index is 13.8. The Hall–Kier alpha value is -2.78. The average molecular weight is 462 g/mol. The zero-order chi connectivity index (χ0) is 23.3. The van der Waals surface area contributed by atoms with Gasteiger partial charge >= 0.3 is 0 Å². The molecular weight excluding hydrogens is 430 g/mol. The molecule has 174 valence electrons. The molecule has 2 aromatic rings. The van der Waals surface area contributed by atoms with Crippen LogP contribution in [0.4, 0.5) is 5.69 Å². The summed E-state index contributed by atoms with van der Waals surface area (Å²) in [7, 11) is -0.646. The van der Waals surface area contributed by atoms with Crippen LogP contribution in [0, 0.1) is 6.92 Å². The van der Waals surface area contributed by atoms with Crippen molar-refractivity contribution in [3.8, 4) is 11.5 Å². The fourth-order valence-corrected chi connectivity index (χ4v) is 5.23. The van der Waals surface area contributed by atoms with E-state index in [0.717, 1.165) is 23.0 Å². The number of carbonyl (C=O) groups is 1. The van der Waals surface area contributed by atoms with E-state index in [4.69, 9.17) is 9.47 Å². The summed E-state index contributed by atoms with van der Waals surface area (Å²) in [5.74, 6) is 0.632. The highest BCUT2D eigenvalue weighted by Gasteiger charge is 2.32. The Morgan fingerprint density at radius 3 is 2.31 bits per heavy atom. The van der Waals surface area contributed by atoms with E-state index in [2.05, 4.69) is 4.90 Å².